The van der Waals surface area contributed by atoms with Crippen molar-refractivity contribution in [2.75, 3.05) is 11.9 Å². The molecule has 0 saturated carbocycles. The predicted octanol–water partition coefficient (Wildman–Crippen LogP) is 6.40. The normalized spacial score (nSPS) is 10.8. The van der Waals surface area contributed by atoms with Crippen molar-refractivity contribution in [1.29, 1.82) is 0 Å². The van der Waals surface area contributed by atoms with Gasteiger partial charge in [0.25, 0.3) is 0 Å². The third-order valence-corrected chi connectivity index (χ3v) is 5.19. The number of benzene rings is 2. The fourth-order valence-corrected chi connectivity index (χ4v) is 3.47. The molecule has 0 radical (unpaired) electrons. The number of nitrogens with zero attached hydrogens (tertiary/aromatic N) is 3. The lowest BCUT2D eigenvalue weighted by molar-refractivity contribution is 0.0535. The van der Waals surface area contributed by atoms with Gasteiger partial charge in [0.2, 0.25) is 0 Å². The van der Waals surface area contributed by atoms with Crippen LogP contribution in [0.15, 0.2) is 61.1 Å². The van der Waals surface area contributed by atoms with Crippen LogP contribution in [0.25, 0.3) is 10.9 Å². The van der Waals surface area contributed by atoms with Gasteiger partial charge in [-0.15, -0.1) is 0 Å². The van der Waals surface area contributed by atoms with Crippen LogP contribution in [0.4, 0.5) is 16.3 Å². The molecule has 0 spiro atoms. The average molecular weight is 516 g/mol. The summed E-state index contributed by atoms with van der Waals surface area (Å²) in [4.78, 5) is 24.7. The quantitative estimate of drug-likeness (QED) is 0.297. The molecule has 0 aliphatic heterocycles. The number of carbonyl (C=O) groups excluding carboxylic acids is 1. The molecule has 0 bridgehead atoms. The summed E-state index contributed by atoms with van der Waals surface area (Å²) in [6.45, 7) is 7.49. The zero-order valence-electron chi connectivity index (χ0n) is 20.9. The molecule has 2 N–H and O–H groups in total. The molecule has 0 atom stereocenters. The average Bonchev–Trinajstić information content (AvgIpc) is 2.84. The van der Waals surface area contributed by atoms with Crippen LogP contribution in [0.5, 0.6) is 11.5 Å². The summed E-state index contributed by atoms with van der Waals surface area (Å²) < 4.78 is 11.1. The fraction of sp³-hybridized carbons (Fsp3) is 0.214. The van der Waals surface area contributed by atoms with E-state index in [1.54, 1.807) is 39.1 Å². The Hall–Kier alpha value is -4.35. The van der Waals surface area contributed by atoms with Crippen molar-refractivity contribution in [3.05, 3.63) is 77.3 Å². The molecule has 9 heteroatoms. The van der Waals surface area contributed by atoms with Crippen LogP contribution >= 0.6 is 11.6 Å². The van der Waals surface area contributed by atoms with Gasteiger partial charge in [0.15, 0.2) is 0 Å². The topological polar surface area (TPSA) is 98.3 Å². The molecule has 0 aliphatic rings. The summed E-state index contributed by atoms with van der Waals surface area (Å²) in [7, 11) is 0. The molecular weight excluding hydrogens is 490 g/mol. The lowest BCUT2D eigenvalue weighted by Gasteiger charge is -2.19. The lowest BCUT2D eigenvalue weighted by atomic mass is 10.1. The summed E-state index contributed by atoms with van der Waals surface area (Å²) in [5.41, 5.74) is 2.59. The Kier molecular flexibility index (Phi) is 7.75. The maximum Gasteiger partial charge on any atom is 0.408 e. The van der Waals surface area contributed by atoms with Crippen molar-refractivity contribution in [3.63, 3.8) is 0 Å². The number of hydrogen-bond acceptors (Lipinski definition) is 7. The van der Waals surface area contributed by atoms with Gasteiger partial charge < -0.3 is 20.1 Å². The van der Waals surface area contributed by atoms with Crippen LogP contribution in [-0.2, 0) is 4.74 Å². The van der Waals surface area contributed by atoms with Crippen molar-refractivity contribution in [3.8, 4) is 23.3 Å². The summed E-state index contributed by atoms with van der Waals surface area (Å²) in [5.74, 6) is 7.70. The van der Waals surface area contributed by atoms with Crippen molar-refractivity contribution in [2.24, 2.45) is 0 Å². The first-order chi connectivity index (χ1) is 17.7. The molecule has 0 unspecified atom stereocenters. The predicted molar refractivity (Wildman–Crippen MR) is 144 cm³/mol. The van der Waals surface area contributed by atoms with Crippen LogP contribution in [0.2, 0.25) is 5.02 Å². The monoisotopic (exact) mass is 515 g/mol. The van der Waals surface area contributed by atoms with Crippen molar-refractivity contribution in [2.45, 2.75) is 33.3 Å². The first-order valence-corrected chi connectivity index (χ1v) is 11.9. The van der Waals surface area contributed by atoms with E-state index in [-0.39, 0.29) is 6.54 Å². The minimum absolute atomic E-state index is 0.162. The molecule has 37 heavy (non-hydrogen) atoms. The van der Waals surface area contributed by atoms with E-state index in [0.29, 0.717) is 22.3 Å². The Bertz CT molecular complexity index is 1490. The van der Waals surface area contributed by atoms with Gasteiger partial charge in [-0.05, 0) is 76.2 Å². The number of pyridine rings is 1. The first-order valence-electron chi connectivity index (χ1n) is 11.5. The number of ether oxygens (including phenoxy) is 2. The Balaban J connectivity index is 1.47. The third kappa shape index (κ3) is 7.32. The van der Waals surface area contributed by atoms with E-state index < -0.39 is 11.7 Å². The molecular formula is C28H26ClN5O3. The van der Waals surface area contributed by atoms with Gasteiger partial charge in [-0.2, -0.15) is 0 Å². The SMILES string of the molecule is Cc1ccc(Oc2ccc(Nc3ncnc4ccc(C#CCNC(=O)OC(C)(C)C)cc34)cc2Cl)cn1. The van der Waals surface area contributed by atoms with Crippen LogP contribution < -0.4 is 15.4 Å². The smallest absolute Gasteiger partial charge is 0.408 e. The zero-order valence-corrected chi connectivity index (χ0v) is 21.7. The molecule has 0 aliphatic carbocycles. The minimum atomic E-state index is -0.560. The number of anilines is 2. The van der Waals surface area contributed by atoms with Crippen molar-refractivity contribution in [1.82, 2.24) is 20.3 Å². The standard InChI is InChI=1S/C28H26ClN5O3/c1-18-7-10-21(16-31-18)36-25-12-9-20(15-23(25)29)34-26-22-14-19(8-11-24(22)32-17-33-26)6-5-13-30-27(35)37-28(2,3)4/h7-12,14-17H,13H2,1-4H3,(H,30,35)(H,32,33,34). The second-order valence-corrected chi connectivity index (χ2v) is 9.53. The molecule has 2 aromatic carbocycles. The van der Waals surface area contributed by atoms with Gasteiger partial charge in [0.05, 0.1) is 23.3 Å². The zero-order chi connectivity index (χ0) is 26.4. The Morgan fingerprint density at radius 2 is 1.89 bits per heavy atom. The van der Waals surface area contributed by atoms with E-state index >= 15 is 0 Å². The second-order valence-electron chi connectivity index (χ2n) is 9.12. The van der Waals surface area contributed by atoms with Gasteiger partial charge in [0, 0.05) is 22.3 Å². The molecule has 2 heterocycles. The summed E-state index contributed by atoms with van der Waals surface area (Å²) in [6, 6.07) is 14.7. The molecule has 8 nitrogen and oxygen atoms in total. The Morgan fingerprint density at radius 1 is 1.05 bits per heavy atom. The number of rotatable bonds is 5. The Morgan fingerprint density at radius 3 is 2.62 bits per heavy atom. The number of fused-ring (bicyclic) bond motifs is 1. The first kappa shape index (κ1) is 25.7. The summed E-state index contributed by atoms with van der Waals surface area (Å²) >= 11 is 6.47. The van der Waals surface area contributed by atoms with E-state index in [4.69, 9.17) is 21.1 Å². The number of alkyl carbamates (subject to hydrolysis) is 1. The molecule has 0 fully saturated rings. The van der Waals surface area contributed by atoms with Crippen molar-refractivity contribution >= 4 is 40.1 Å². The Labute approximate surface area is 220 Å². The largest absolute Gasteiger partial charge is 0.454 e. The van der Waals surface area contributed by atoms with Crippen molar-refractivity contribution < 1.29 is 14.3 Å². The third-order valence-electron chi connectivity index (χ3n) is 4.89. The molecule has 188 valence electrons. The summed E-state index contributed by atoms with van der Waals surface area (Å²) in [5, 5.41) is 7.14. The van der Waals surface area contributed by atoms with Gasteiger partial charge in [-0.25, -0.2) is 14.8 Å². The number of halogens is 1. The highest BCUT2D eigenvalue weighted by Crippen LogP contribution is 2.33. The molecule has 4 rings (SSSR count). The molecule has 2 aromatic heterocycles. The summed E-state index contributed by atoms with van der Waals surface area (Å²) in [6.07, 6.45) is 2.63. The number of nitrogens with one attached hydrogen (secondary N) is 2. The maximum absolute atomic E-state index is 11.8. The van der Waals surface area contributed by atoms with Crippen LogP contribution in [0, 0.1) is 18.8 Å². The highest BCUT2D eigenvalue weighted by Gasteiger charge is 2.15. The molecule has 1 amide bonds. The minimum Gasteiger partial charge on any atom is -0.454 e. The molecule has 4 aromatic rings. The lowest BCUT2D eigenvalue weighted by Crippen LogP contribution is -2.32. The number of hydrogen-bond donors (Lipinski definition) is 2. The number of aromatic nitrogens is 3. The van der Waals surface area contributed by atoms with E-state index in [0.717, 1.165) is 27.8 Å². The van der Waals surface area contributed by atoms with E-state index in [1.807, 2.05) is 43.3 Å². The van der Waals surface area contributed by atoms with E-state index in [2.05, 4.69) is 37.4 Å². The second kappa shape index (κ2) is 11.1. The van der Waals surface area contributed by atoms with E-state index in [1.165, 1.54) is 6.33 Å². The van der Waals surface area contributed by atoms with Crippen LogP contribution in [0.1, 0.15) is 32.0 Å². The van der Waals surface area contributed by atoms with E-state index in [9.17, 15) is 4.79 Å². The van der Waals surface area contributed by atoms with Crippen LogP contribution in [-0.4, -0.2) is 33.2 Å². The number of amides is 1. The highest BCUT2D eigenvalue weighted by atomic mass is 35.5. The van der Waals surface area contributed by atoms with Gasteiger partial charge in [-0.3, -0.25) is 4.98 Å². The maximum atomic E-state index is 11.8. The van der Waals surface area contributed by atoms with Gasteiger partial charge in [-0.1, -0.05) is 23.4 Å². The number of aryl methyl sites for hydroxylation is 1. The highest BCUT2D eigenvalue weighted by molar-refractivity contribution is 6.32. The fourth-order valence-electron chi connectivity index (χ4n) is 3.25. The van der Waals surface area contributed by atoms with Crippen LogP contribution in [0.3, 0.4) is 0 Å². The number of carbonyl (C=O) groups is 1. The van der Waals surface area contributed by atoms with Gasteiger partial charge in [0.1, 0.15) is 29.2 Å². The molecule has 0 saturated heterocycles. The van der Waals surface area contributed by atoms with Gasteiger partial charge >= 0.3 is 6.09 Å².